The zero-order chi connectivity index (χ0) is 14.1. The van der Waals surface area contributed by atoms with E-state index in [9.17, 15) is 0 Å². The summed E-state index contributed by atoms with van der Waals surface area (Å²) in [4.78, 5) is 0. The van der Waals surface area contributed by atoms with E-state index in [1.54, 1.807) is 0 Å². The summed E-state index contributed by atoms with van der Waals surface area (Å²) in [5, 5.41) is -0.0397. The maximum Gasteiger partial charge on any atom is 0.0838 e. The Hall–Kier alpha value is -1.27. The highest BCUT2D eigenvalue weighted by molar-refractivity contribution is 6.22. The molecule has 0 heterocycles. The molecule has 20 heavy (non-hydrogen) atoms. The van der Waals surface area contributed by atoms with Crippen LogP contribution in [-0.4, -0.2) is 0 Å². The SMILES string of the molecule is Cc1ccc(C)c(C(Cl)c2ccc3c(c2)CCCC3)c1. The van der Waals surface area contributed by atoms with Crippen LogP contribution in [0.5, 0.6) is 0 Å². The topological polar surface area (TPSA) is 0 Å². The Morgan fingerprint density at radius 3 is 2.45 bits per heavy atom. The molecule has 1 aliphatic rings. The number of aryl methyl sites for hydroxylation is 4. The third-order valence-corrected chi connectivity index (χ3v) is 4.86. The van der Waals surface area contributed by atoms with Crippen LogP contribution in [-0.2, 0) is 12.8 Å². The molecule has 0 bridgehead atoms. The molecule has 2 aromatic rings. The van der Waals surface area contributed by atoms with Crippen LogP contribution in [0.3, 0.4) is 0 Å². The lowest BCUT2D eigenvalue weighted by molar-refractivity contribution is 0.684. The monoisotopic (exact) mass is 284 g/mol. The van der Waals surface area contributed by atoms with Crippen LogP contribution in [0.1, 0.15) is 51.6 Å². The second kappa shape index (κ2) is 5.61. The van der Waals surface area contributed by atoms with Crippen LogP contribution in [0.2, 0.25) is 0 Å². The molecular formula is C19H21Cl. The summed E-state index contributed by atoms with van der Waals surface area (Å²) in [6.45, 7) is 4.27. The Kier molecular flexibility index (Phi) is 3.85. The van der Waals surface area contributed by atoms with Gasteiger partial charge in [0.15, 0.2) is 0 Å². The average Bonchev–Trinajstić information content (AvgIpc) is 2.48. The van der Waals surface area contributed by atoms with E-state index in [0.29, 0.717) is 0 Å². The molecule has 1 unspecified atom stereocenters. The Labute approximate surface area is 126 Å². The molecule has 2 aromatic carbocycles. The molecule has 0 spiro atoms. The lowest BCUT2D eigenvalue weighted by atomic mass is 9.88. The van der Waals surface area contributed by atoms with Crippen molar-refractivity contribution in [3.63, 3.8) is 0 Å². The predicted octanol–water partition coefficient (Wildman–Crippen LogP) is 5.51. The minimum absolute atomic E-state index is 0.0397. The van der Waals surface area contributed by atoms with Crippen molar-refractivity contribution >= 4 is 11.6 Å². The van der Waals surface area contributed by atoms with Crippen LogP contribution < -0.4 is 0 Å². The van der Waals surface area contributed by atoms with Gasteiger partial charge < -0.3 is 0 Å². The van der Waals surface area contributed by atoms with Gasteiger partial charge in [0.05, 0.1) is 5.38 Å². The lowest BCUT2D eigenvalue weighted by Crippen LogP contribution is -2.05. The molecule has 0 radical (unpaired) electrons. The average molecular weight is 285 g/mol. The van der Waals surface area contributed by atoms with Crippen LogP contribution in [0, 0.1) is 13.8 Å². The molecule has 1 aliphatic carbocycles. The first kappa shape index (κ1) is 13.7. The molecule has 0 saturated heterocycles. The van der Waals surface area contributed by atoms with Gasteiger partial charge in [0.2, 0.25) is 0 Å². The van der Waals surface area contributed by atoms with Gasteiger partial charge in [-0.2, -0.15) is 0 Å². The second-order valence-electron chi connectivity index (χ2n) is 5.96. The van der Waals surface area contributed by atoms with Gasteiger partial charge in [0.25, 0.3) is 0 Å². The highest BCUT2D eigenvalue weighted by Gasteiger charge is 2.16. The van der Waals surface area contributed by atoms with Crippen LogP contribution in [0.25, 0.3) is 0 Å². The number of benzene rings is 2. The molecule has 0 aromatic heterocycles. The van der Waals surface area contributed by atoms with Gasteiger partial charge in [-0.3, -0.25) is 0 Å². The first-order valence-electron chi connectivity index (χ1n) is 7.48. The summed E-state index contributed by atoms with van der Waals surface area (Å²) in [6.07, 6.45) is 5.08. The van der Waals surface area contributed by atoms with E-state index < -0.39 is 0 Å². The van der Waals surface area contributed by atoms with E-state index in [1.807, 2.05) is 0 Å². The normalized spacial score (nSPS) is 15.8. The molecule has 0 amide bonds. The summed E-state index contributed by atoms with van der Waals surface area (Å²) in [7, 11) is 0. The molecule has 1 atom stereocenters. The third-order valence-electron chi connectivity index (χ3n) is 4.37. The zero-order valence-electron chi connectivity index (χ0n) is 12.2. The molecule has 3 rings (SSSR count). The summed E-state index contributed by atoms with van der Waals surface area (Å²) in [5.74, 6) is 0. The maximum atomic E-state index is 6.75. The Morgan fingerprint density at radius 2 is 1.65 bits per heavy atom. The van der Waals surface area contributed by atoms with Crippen molar-refractivity contribution in [2.75, 3.05) is 0 Å². The van der Waals surface area contributed by atoms with Gasteiger partial charge >= 0.3 is 0 Å². The maximum absolute atomic E-state index is 6.75. The van der Waals surface area contributed by atoms with Gasteiger partial charge in [-0.05, 0) is 67.3 Å². The van der Waals surface area contributed by atoms with Crippen molar-refractivity contribution in [1.82, 2.24) is 0 Å². The van der Waals surface area contributed by atoms with Crippen molar-refractivity contribution < 1.29 is 0 Å². The van der Waals surface area contributed by atoms with Gasteiger partial charge in [-0.15, -0.1) is 11.6 Å². The molecule has 104 valence electrons. The van der Waals surface area contributed by atoms with E-state index in [4.69, 9.17) is 11.6 Å². The molecule has 0 N–H and O–H groups in total. The fraction of sp³-hybridized carbons (Fsp3) is 0.368. The highest BCUT2D eigenvalue weighted by atomic mass is 35.5. The number of halogens is 1. The van der Waals surface area contributed by atoms with Crippen molar-refractivity contribution in [1.29, 1.82) is 0 Å². The van der Waals surface area contributed by atoms with E-state index in [1.165, 1.54) is 59.1 Å². The third kappa shape index (κ3) is 2.62. The van der Waals surface area contributed by atoms with Gasteiger partial charge in [-0.1, -0.05) is 42.0 Å². The molecule has 1 heteroatoms. The molecule has 0 fully saturated rings. The second-order valence-corrected chi connectivity index (χ2v) is 6.39. The lowest BCUT2D eigenvalue weighted by Gasteiger charge is -2.19. The van der Waals surface area contributed by atoms with Crippen molar-refractivity contribution in [2.24, 2.45) is 0 Å². The Bertz CT molecular complexity index is 628. The Balaban J connectivity index is 1.97. The van der Waals surface area contributed by atoms with Crippen LogP contribution in [0.4, 0.5) is 0 Å². The number of rotatable bonds is 2. The minimum Gasteiger partial charge on any atom is -0.113 e. The zero-order valence-corrected chi connectivity index (χ0v) is 13.0. The van der Waals surface area contributed by atoms with Crippen molar-refractivity contribution in [2.45, 2.75) is 44.9 Å². The molecule has 0 saturated carbocycles. The largest absolute Gasteiger partial charge is 0.113 e. The first-order valence-corrected chi connectivity index (χ1v) is 7.92. The smallest absolute Gasteiger partial charge is 0.0838 e. The minimum atomic E-state index is -0.0397. The van der Waals surface area contributed by atoms with Gasteiger partial charge in [-0.25, -0.2) is 0 Å². The molecule has 0 nitrogen and oxygen atoms in total. The van der Waals surface area contributed by atoms with Gasteiger partial charge in [0, 0.05) is 0 Å². The molecular weight excluding hydrogens is 264 g/mol. The fourth-order valence-electron chi connectivity index (χ4n) is 3.12. The summed E-state index contributed by atoms with van der Waals surface area (Å²) in [6, 6.07) is 13.3. The predicted molar refractivity (Wildman–Crippen MR) is 86.7 cm³/mol. The first-order chi connectivity index (χ1) is 9.65. The Morgan fingerprint density at radius 1 is 0.900 bits per heavy atom. The van der Waals surface area contributed by atoms with E-state index in [2.05, 4.69) is 50.2 Å². The van der Waals surface area contributed by atoms with Crippen molar-refractivity contribution in [3.8, 4) is 0 Å². The quantitative estimate of drug-likeness (QED) is 0.638. The summed E-state index contributed by atoms with van der Waals surface area (Å²) in [5.41, 5.74) is 8.04. The van der Waals surface area contributed by atoms with E-state index in [-0.39, 0.29) is 5.38 Å². The number of fused-ring (bicyclic) bond motifs is 1. The fourth-order valence-corrected chi connectivity index (χ4v) is 3.49. The van der Waals surface area contributed by atoms with Crippen LogP contribution in [0.15, 0.2) is 36.4 Å². The number of alkyl halides is 1. The standard InChI is InChI=1S/C19H21Cl/c1-13-7-8-14(2)18(11-13)19(20)17-10-9-15-5-3-4-6-16(15)12-17/h7-12,19H,3-6H2,1-2H3. The molecule has 0 aliphatic heterocycles. The van der Waals surface area contributed by atoms with Crippen molar-refractivity contribution in [3.05, 3.63) is 69.8 Å². The number of hydrogen-bond acceptors (Lipinski definition) is 0. The van der Waals surface area contributed by atoms with Crippen LogP contribution >= 0.6 is 11.6 Å². The number of hydrogen-bond donors (Lipinski definition) is 0. The van der Waals surface area contributed by atoms with Gasteiger partial charge in [0.1, 0.15) is 0 Å². The van der Waals surface area contributed by atoms with E-state index >= 15 is 0 Å². The summed E-state index contributed by atoms with van der Waals surface area (Å²) >= 11 is 6.75. The van der Waals surface area contributed by atoms with E-state index in [0.717, 1.165) is 0 Å². The summed E-state index contributed by atoms with van der Waals surface area (Å²) < 4.78 is 0. The highest BCUT2D eigenvalue weighted by Crippen LogP contribution is 2.34.